The number of rotatable bonds is 2. The predicted octanol–water partition coefficient (Wildman–Crippen LogP) is 1.30. The fourth-order valence-corrected chi connectivity index (χ4v) is 1.66. The van der Waals surface area contributed by atoms with E-state index in [4.69, 9.17) is 5.73 Å². The summed E-state index contributed by atoms with van der Waals surface area (Å²) in [6, 6.07) is 7.08. The van der Waals surface area contributed by atoms with Gasteiger partial charge in [0.15, 0.2) is 0 Å². The highest BCUT2D eigenvalue weighted by Crippen LogP contribution is 2.21. The van der Waals surface area contributed by atoms with Crippen molar-refractivity contribution in [1.29, 1.82) is 0 Å². The van der Waals surface area contributed by atoms with E-state index in [-0.39, 0.29) is 0 Å². The highest BCUT2D eigenvalue weighted by Gasteiger charge is 2.10. The van der Waals surface area contributed by atoms with Gasteiger partial charge in [-0.3, -0.25) is 4.79 Å². The first-order chi connectivity index (χ1) is 6.79. The second-order valence-electron chi connectivity index (χ2n) is 2.70. The van der Waals surface area contributed by atoms with Crippen molar-refractivity contribution in [3.8, 4) is 11.3 Å². The molecular formula is C9H7N3OS. The zero-order valence-electron chi connectivity index (χ0n) is 7.18. The molecule has 5 heteroatoms. The Hall–Kier alpha value is -1.75. The Labute approximate surface area is 84.5 Å². The smallest absolute Gasteiger partial charge is 0.249 e. The van der Waals surface area contributed by atoms with Crippen LogP contribution in [0, 0.1) is 0 Å². The second kappa shape index (κ2) is 3.55. The summed E-state index contributed by atoms with van der Waals surface area (Å²) < 4.78 is 3.74. The van der Waals surface area contributed by atoms with Crippen LogP contribution in [0.15, 0.2) is 29.6 Å². The highest BCUT2D eigenvalue weighted by atomic mass is 32.1. The third-order valence-electron chi connectivity index (χ3n) is 1.83. The lowest BCUT2D eigenvalue weighted by Gasteiger charge is -2.01. The van der Waals surface area contributed by atoms with Crippen LogP contribution in [0.3, 0.4) is 0 Å². The van der Waals surface area contributed by atoms with Gasteiger partial charge in [-0.2, -0.15) is 0 Å². The molecule has 0 saturated carbocycles. The highest BCUT2D eigenvalue weighted by molar-refractivity contribution is 7.03. The van der Waals surface area contributed by atoms with Gasteiger partial charge in [-0.05, 0) is 17.6 Å². The van der Waals surface area contributed by atoms with Gasteiger partial charge in [-0.25, -0.2) is 0 Å². The maximum Gasteiger partial charge on any atom is 0.249 e. The Morgan fingerprint density at radius 3 is 2.79 bits per heavy atom. The molecule has 0 aliphatic carbocycles. The van der Waals surface area contributed by atoms with E-state index in [1.54, 1.807) is 23.6 Å². The van der Waals surface area contributed by atoms with Gasteiger partial charge >= 0.3 is 0 Å². The maximum absolute atomic E-state index is 11.1. The zero-order chi connectivity index (χ0) is 9.97. The zero-order valence-corrected chi connectivity index (χ0v) is 7.99. The Morgan fingerprint density at radius 1 is 1.36 bits per heavy atom. The van der Waals surface area contributed by atoms with Gasteiger partial charge in [0.1, 0.15) is 5.69 Å². The number of nitrogens with zero attached hydrogens (tertiary/aromatic N) is 2. The Kier molecular flexibility index (Phi) is 2.24. The lowest BCUT2D eigenvalue weighted by atomic mass is 10.1. The largest absolute Gasteiger partial charge is 0.366 e. The quantitative estimate of drug-likeness (QED) is 0.803. The van der Waals surface area contributed by atoms with Crippen LogP contribution in [0.5, 0.6) is 0 Å². The predicted molar refractivity (Wildman–Crippen MR) is 53.9 cm³/mol. The van der Waals surface area contributed by atoms with Crippen LogP contribution in [-0.4, -0.2) is 15.5 Å². The van der Waals surface area contributed by atoms with E-state index < -0.39 is 5.91 Å². The lowest BCUT2D eigenvalue weighted by molar-refractivity contribution is 0.100. The van der Waals surface area contributed by atoms with Crippen LogP contribution < -0.4 is 5.73 Å². The standard InChI is InChI=1S/C9H7N3OS/c10-9(13)7-4-2-1-3-6(7)8-5-14-12-11-8/h1-5H,(H2,10,13). The number of carbonyl (C=O) groups is 1. The molecule has 70 valence electrons. The molecule has 1 aromatic heterocycles. The fourth-order valence-electron chi connectivity index (χ4n) is 1.20. The minimum atomic E-state index is -0.450. The molecule has 1 amide bonds. The molecule has 14 heavy (non-hydrogen) atoms. The molecule has 1 aromatic carbocycles. The number of primary amides is 1. The van der Waals surface area contributed by atoms with E-state index in [2.05, 4.69) is 9.59 Å². The minimum absolute atomic E-state index is 0.450. The SMILES string of the molecule is NC(=O)c1ccccc1-c1csnn1. The number of carbonyl (C=O) groups excluding carboxylic acids is 1. The summed E-state index contributed by atoms with van der Waals surface area (Å²) in [7, 11) is 0. The molecule has 0 saturated heterocycles. The van der Waals surface area contributed by atoms with Crippen LogP contribution in [0.25, 0.3) is 11.3 Å². The topological polar surface area (TPSA) is 68.9 Å². The first-order valence-electron chi connectivity index (χ1n) is 3.95. The Balaban J connectivity index is 2.58. The molecule has 2 rings (SSSR count). The van der Waals surface area contributed by atoms with Crippen LogP contribution in [-0.2, 0) is 0 Å². The van der Waals surface area contributed by atoms with Crippen LogP contribution in [0.2, 0.25) is 0 Å². The summed E-state index contributed by atoms with van der Waals surface area (Å²) in [5.41, 5.74) is 7.12. The van der Waals surface area contributed by atoms with Gasteiger partial charge in [0.2, 0.25) is 5.91 Å². The number of hydrogen-bond donors (Lipinski definition) is 1. The van der Waals surface area contributed by atoms with E-state index in [1.165, 1.54) is 11.5 Å². The monoisotopic (exact) mass is 205 g/mol. The van der Waals surface area contributed by atoms with E-state index >= 15 is 0 Å². The van der Waals surface area contributed by atoms with E-state index in [0.717, 1.165) is 5.56 Å². The minimum Gasteiger partial charge on any atom is -0.366 e. The number of amides is 1. The molecule has 2 N–H and O–H groups in total. The van der Waals surface area contributed by atoms with Crippen molar-refractivity contribution in [2.75, 3.05) is 0 Å². The van der Waals surface area contributed by atoms with Gasteiger partial charge in [-0.15, -0.1) is 5.10 Å². The average molecular weight is 205 g/mol. The van der Waals surface area contributed by atoms with Gasteiger partial charge in [0.05, 0.1) is 0 Å². The third kappa shape index (κ3) is 1.49. The van der Waals surface area contributed by atoms with Crippen molar-refractivity contribution >= 4 is 17.4 Å². The second-order valence-corrected chi connectivity index (χ2v) is 3.31. The summed E-state index contributed by atoms with van der Waals surface area (Å²) in [6.07, 6.45) is 0. The summed E-state index contributed by atoms with van der Waals surface area (Å²) in [4.78, 5) is 11.1. The third-order valence-corrected chi connectivity index (χ3v) is 2.33. The molecule has 0 spiro atoms. The van der Waals surface area contributed by atoms with Crippen molar-refractivity contribution in [2.24, 2.45) is 5.73 Å². The van der Waals surface area contributed by atoms with E-state index in [0.29, 0.717) is 11.3 Å². The van der Waals surface area contributed by atoms with Crippen molar-refractivity contribution in [1.82, 2.24) is 9.59 Å². The molecular weight excluding hydrogens is 198 g/mol. The van der Waals surface area contributed by atoms with E-state index in [9.17, 15) is 4.79 Å². The molecule has 0 fully saturated rings. The number of hydrogen-bond acceptors (Lipinski definition) is 4. The van der Waals surface area contributed by atoms with Gasteiger partial charge < -0.3 is 5.73 Å². The number of aromatic nitrogens is 2. The summed E-state index contributed by atoms with van der Waals surface area (Å²) >= 11 is 1.24. The fraction of sp³-hybridized carbons (Fsp3) is 0. The van der Waals surface area contributed by atoms with Crippen LogP contribution in [0.4, 0.5) is 0 Å². The molecule has 0 bridgehead atoms. The van der Waals surface area contributed by atoms with Crippen molar-refractivity contribution < 1.29 is 4.79 Å². The molecule has 0 aliphatic heterocycles. The van der Waals surface area contributed by atoms with Crippen molar-refractivity contribution in [2.45, 2.75) is 0 Å². The van der Waals surface area contributed by atoms with Crippen molar-refractivity contribution in [3.63, 3.8) is 0 Å². The molecule has 0 radical (unpaired) electrons. The van der Waals surface area contributed by atoms with Gasteiger partial charge in [0, 0.05) is 16.5 Å². The molecule has 2 aromatic rings. The molecule has 0 aliphatic rings. The van der Waals surface area contributed by atoms with E-state index in [1.807, 2.05) is 6.07 Å². The Bertz CT molecular complexity index is 453. The van der Waals surface area contributed by atoms with Crippen LogP contribution >= 0.6 is 11.5 Å². The normalized spacial score (nSPS) is 10.0. The van der Waals surface area contributed by atoms with Gasteiger partial charge in [0.25, 0.3) is 0 Å². The summed E-state index contributed by atoms with van der Waals surface area (Å²) in [6.45, 7) is 0. The number of nitrogens with two attached hydrogens (primary N) is 1. The van der Waals surface area contributed by atoms with Gasteiger partial charge in [-0.1, -0.05) is 22.7 Å². The van der Waals surface area contributed by atoms with Crippen molar-refractivity contribution in [3.05, 3.63) is 35.2 Å². The molecule has 0 unspecified atom stereocenters. The molecule has 0 atom stereocenters. The Morgan fingerprint density at radius 2 is 2.14 bits per heavy atom. The molecule has 4 nitrogen and oxygen atoms in total. The lowest BCUT2D eigenvalue weighted by Crippen LogP contribution is -2.12. The average Bonchev–Trinajstić information content (AvgIpc) is 2.70. The summed E-state index contributed by atoms with van der Waals surface area (Å²) in [5, 5.41) is 5.67. The first-order valence-corrected chi connectivity index (χ1v) is 4.79. The van der Waals surface area contributed by atoms with Crippen LogP contribution in [0.1, 0.15) is 10.4 Å². The first kappa shape index (κ1) is 8.83. The maximum atomic E-state index is 11.1. The molecule has 1 heterocycles. The number of benzene rings is 1. The summed E-state index contributed by atoms with van der Waals surface area (Å²) in [5.74, 6) is -0.450.